The van der Waals surface area contributed by atoms with Gasteiger partial charge in [-0.15, -0.1) is 11.6 Å². The van der Waals surface area contributed by atoms with Crippen molar-refractivity contribution in [3.05, 3.63) is 24.2 Å². The van der Waals surface area contributed by atoms with E-state index in [2.05, 4.69) is 16.5 Å². The van der Waals surface area contributed by atoms with Crippen LogP contribution in [0.15, 0.2) is 18.3 Å². The van der Waals surface area contributed by atoms with E-state index in [0.29, 0.717) is 5.88 Å². The number of aryl methyl sites for hydroxylation is 1. The molecule has 0 aliphatic heterocycles. The second-order valence-corrected chi connectivity index (χ2v) is 5.73. The quantitative estimate of drug-likeness (QED) is 0.794. The third kappa shape index (κ3) is 1.81. The second-order valence-electron chi connectivity index (χ2n) is 5.35. The molecule has 0 bridgehead atoms. The van der Waals surface area contributed by atoms with E-state index in [0.717, 1.165) is 23.4 Å². The Bertz CT molecular complexity index is 555. The molecule has 0 spiro atoms. The second kappa shape index (κ2) is 4.54. The molecule has 0 amide bonds. The van der Waals surface area contributed by atoms with Crippen LogP contribution >= 0.6 is 11.6 Å². The predicted molar refractivity (Wildman–Crippen MR) is 74.1 cm³/mol. The van der Waals surface area contributed by atoms with Crippen molar-refractivity contribution in [2.24, 2.45) is 0 Å². The SMILES string of the molecule is CC1(n2c(CCCl)nc3cccnc32)CCCC1. The van der Waals surface area contributed by atoms with E-state index in [4.69, 9.17) is 16.6 Å². The Morgan fingerprint density at radius 2 is 2.17 bits per heavy atom. The molecule has 3 nitrogen and oxygen atoms in total. The maximum atomic E-state index is 5.91. The monoisotopic (exact) mass is 263 g/mol. The maximum absolute atomic E-state index is 5.91. The molecule has 1 aliphatic carbocycles. The van der Waals surface area contributed by atoms with Gasteiger partial charge in [0.1, 0.15) is 11.3 Å². The fourth-order valence-electron chi connectivity index (χ4n) is 3.14. The molecule has 2 aromatic rings. The summed E-state index contributed by atoms with van der Waals surface area (Å²) in [6.45, 7) is 2.33. The predicted octanol–water partition coefficient (Wildman–Crippen LogP) is 3.50. The first-order chi connectivity index (χ1) is 8.74. The molecule has 4 heteroatoms. The summed E-state index contributed by atoms with van der Waals surface area (Å²) in [4.78, 5) is 9.24. The van der Waals surface area contributed by atoms with E-state index in [-0.39, 0.29) is 5.54 Å². The Labute approximate surface area is 112 Å². The van der Waals surface area contributed by atoms with Gasteiger partial charge in [0.2, 0.25) is 0 Å². The lowest BCUT2D eigenvalue weighted by molar-refractivity contribution is 0.327. The Morgan fingerprint density at radius 1 is 1.39 bits per heavy atom. The molecule has 2 aromatic heterocycles. The van der Waals surface area contributed by atoms with Gasteiger partial charge >= 0.3 is 0 Å². The Hall–Kier alpha value is -1.09. The van der Waals surface area contributed by atoms with Gasteiger partial charge in [-0.05, 0) is 31.9 Å². The number of imidazole rings is 1. The van der Waals surface area contributed by atoms with E-state index < -0.39 is 0 Å². The molecule has 1 fully saturated rings. The van der Waals surface area contributed by atoms with E-state index in [1.54, 1.807) is 0 Å². The van der Waals surface area contributed by atoms with Crippen LogP contribution in [0.3, 0.4) is 0 Å². The number of hydrogen-bond acceptors (Lipinski definition) is 2. The van der Waals surface area contributed by atoms with Crippen LogP contribution in [0.5, 0.6) is 0 Å². The molecule has 96 valence electrons. The lowest BCUT2D eigenvalue weighted by Crippen LogP contribution is -2.28. The topological polar surface area (TPSA) is 30.7 Å². The van der Waals surface area contributed by atoms with Gasteiger partial charge in [0.25, 0.3) is 0 Å². The van der Waals surface area contributed by atoms with Gasteiger partial charge in [-0.2, -0.15) is 0 Å². The maximum Gasteiger partial charge on any atom is 0.160 e. The molecule has 0 saturated heterocycles. The normalized spacial score (nSPS) is 18.6. The fraction of sp³-hybridized carbons (Fsp3) is 0.571. The van der Waals surface area contributed by atoms with Crippen LogP contribution in [-0.4, -0.2) is 20.4 Å². The van der Waals surface area contributed by atoms with Crippen molar-refractivity contribution in [1.82, 2.24) is 14.5 Å². The number of rotatable bonds is 3. The number of nitrogens with zero attached hydrogens (tertiary/aromatic N) is 3. The smallest absolute Gasteiger partial charge is 0.160 e. The first kappa shape index (κ1) is 12.0. The summed E-state index contributed by atoms with van der Waals surface area (Å²) < 4.78 is 2.34. The molecular formula is C14H18ClN3. The highest BCUT2D eigenvalue weighted by Gasteiger charge is 2.34. The van der Waals surface area contributed by atoms with Crippen LogP contribution in [-0.2, 0) is 12.0 Å². The molecule has 2 heterocycles. The van der Waals surface area contributed by atoms with Crippen molar-refractivity contribution in [1.29, 1.82) is 0 Å². The first-order valence-electron chi connectivity index (χ1n) is 6.63. The van der Waals surface area contributed by atoms with Gasteiger partial charge in [-0.1, -0.05) is 12.8 Å². The van der Waals surface area contributed by atoms with Gasteiger partial charge < -0.3 is 4.57 Å². The average Bonchev–Trinajstić information content (AvgIpc) is 2.93. The minimum Gasteiger partial charge on any atom is -0.307 e. The summed E-state index contributed by atoms with van der Waals surface area (Å²) in [5.74, 6) is 1.70. The summed E-state index contributed by atoms with van der Waals surface area (Å²) >= 11 is 5.91. The molecule has 0 unspecified atom stereocenters. The van der Waals surface area contributed by atoms with Crippen molar-refractivity contribution in [3.63, 3.8) is 0 Å². The summed E-state index contributed by atoms with van der Waals surface area (Å²) in [5.41, 5.74) is 2.18. The highest BCUT2D eigenvalue weighted by molar-refractivity contribution is 6.17. The number of halogens is 1. The highest BCUT2D eigenvalue weighted by atomic mass is 35.5. The van der Waals surface area contributed by atoms with E-state index in [1.165, 1.54) is 25.7 Å². The van der Waals surface area contributed by atoms with Crippen molar-refractivity contribution >= 4 is 22.8 Å². The van der Waals surface area contributed by atoms with Crippen LogP contribution in [0.25, 0.3) is 11.2 Å². The fourth-order valence-corrected chi connectivity index (χ4v) is 3.31. The molecule has 0 radical (unpaired) electrons. The number of alkyl halides is 1. The summed E-state index contributed by atoms with van der Waals surface area (Å²) in [5, 5.41) is 0. The van der Waals surface area contributed by atoms with Crippen molar-refractivity contribution < 1.29 is 0 Å². The molecule has 18 heavy (non-hydrogen) atoms. The largest absolute Gasteiger partial charge is 0.307 e. The molecule has 0 atom stereocenters. The lowest BCUT2D eigenvalue weighted by atomic mass is 10.00. The summed E-state index contributed by atoms with van der Waals surface area (Å²) in [6.07, 6.45) is 7.68. The van der Waals surface area contributed by atoms with Crippen molar-refractivity contribution in [2.75, 3.05) is 5.88 Å². The third-order valence-corrected chi connectivity index (χ3v) is 4.21. The Balaban J connectivity index is 2.20. The van der Waals surface area contributed by atoms with Crippen LogP contribution in [0.4, 0.5) is 0 Å². The number of hydrogen-bond donors (Lipinski definition) is 0. The third-order valence-electron chi connectivity index (χ3n) is 4.02. The van der Waals surface area contributed by atoms with Crippen LogP contribution in [0.2, 0.25) is 0 Å². The minimum atomic E-state index is 0.171. The lowest BCUT2D eigenvalue weighted by Gasteiger charge is -2.28. The van der Waals surface area contributed by atoms with E-state index in [9.17, 15) is 0 Å². The standard InChI is InChI=1S/C14H18ClN3/c1-14(7-2-3-8-14)18-12(6-9-15)17-11-5-4-10-16-13(11)18/h4-5,10H,2-3,6-9H2,1H3. The molecular weight excluding hydrogens is 246 g/mol. The molecule has 1 aliphatic rings. The van der Waals surface area contributed by atoms with E-state index >= 15 is 0 Å². The van der Waals surface area contributed by atoms with Gasteiger partial charge in [0.05, 0.1) is 0 Å². The van der Waals surface area contributed by atoms with Gasteiger partial charge in [0, 0.05) is 24.0 Å². The Morgan fingerprint density at radius 3 is 2.89 bits per heavy atom. The van der Waals surface area contributed by atoms with Crippen LogP contribution in [0.1, 0.15) is 38.4 Å². The average molecular weight is 264 g/mol. The zero-order valence-corrected chi connectivity index (χ0v) is 11.5. The first-order valence-corrected chi connectivity index (χ1v) is 7.17. The van der Waals surface area contributed by atoms with E-state index in [1.807, 2.05) is 18.3 Å². The highest BCUT2D eigenvalue weighted by Crippen LogP contribution is 2.38. The molecule has 0 N–H and O–H groups in total. The van der Waals surface area contributed by atoms with Crippen LogP contribution in [0, 0.1) is 0 Å². The van der Waals surface area contributed by atoms with Gasteiger partial charge in [-0.3, -0.25) is 0 Å². The molecule has 1 saturated carbocycles. The van der Waals surface area contributed by atoms with Crippen molar-refractivity contribution in [2.45, 2.75) is 44.6 Å². The zero-order valence-electron chi connectivity index (χ0n) is 10.7. The number of pyridine rings is 1. The molecule has 3 rings (SSSR count). The minimum absolute atomic E-state index is 0.171. The number of aromatic nitrogens is 3. The molecule has 0 aromatic carbocycles. The van der Waals surface area contributed by atoms with Gasteiger partial charge in [-0.25, -0.2) is 9.97 Å². The summed E-state index contributed by atoms with van der Waals surface area (Å²) in [7, 11) is 0. The van der Waals surface area contributed by atoms with Crippen molar-refractivity contribution in [3.8, 4) is 0 Å². The zero-order chi connectivity index (χ0) is 12.6. The van der Waals surface area contributed by atoms with Gasteiger partial charge in [0.15, 0.2) is 5.65 Å². The Kier molecular flexibility index (Phi) is 3.02. The number of fused-ring (bicyclic) bond motifs is 1. The van der Waals surface area contributed by atoms with Crippen LogP contribution < -0.4 is 0 Å². The summed E-state index contributed by atoms with van der Waals surface area (Å²) in [6, 6.07) is 3.98.